The number of hydrogen-bond donors (Lipinski definition) is 2. The lowest BCUT2D eigenvalue weighted by atomic mass is 10.1. The van der Waals surface area contributed by atoms with Gasteiger partial charge in [-0.2, -0.15) is 0 Å². The van der Waals surface area contributed by atoms with Crippen molar-refractivity contribution >= 4 is 23.2 Å². The number of aromatic nitrogens is 2. The number of carbonyl (C=O) groups excluding carboxylic acids is 2. The number of aryl methyl sites for hydroxylation is 2. The van der Waals surface area contributed by atoms with Crippen LogP contribution >= 0.6 is 0 Å². The van der Waals surface area contributed by atoms with Crippen LogP contribution in [0, 0.1) is 20.8 Å². The molecule has 0 radical (unpaired) electrons. The van der Waals surface area contributed by atoms with Gasteiger partial charge in [0.1, 0.15) is 11.4 Å². The maximum Gasteiger partial charge on any atom is 0.295 e. The van der Waals surface area contributed by atoms with E-state index in [1.807, 2.05) is 62.4 Å². The number of anilines is 2. The molecule has 37 heavy (non-hydrogen) atoms. The Hall–Kier alpha value is -4.59. The number of nitrogens with zero attached hydrogens (tertiary/aromatic N) is 2. The molecule has 0 spiro atoms. The summed E-state index contributed by atoms with van der Waals surface area (Å²) in [6.07, 6.45) is 0.159. The van der Waals surface area contributed by atoms with Gasteiger partial charge >= 0.3 is 0 Å². The molecular weight excluding hydrogens is 468 g/mol. The maximum atomic E-state index is 13.1. The summed E-state index contributed by atoms with van der Waals surface area (Å²) in [6, 6.07) is 21.7. The van der Waals surface area contributed by atoms with Crippen LogP contribution in [0.1, 0.15) is 33.6 Å². The summed E-state index contributed by atoms with van der Waals surface area (Å²) in [4.78, 5) is 38.5. The predicted molar refractivity (Wildman–Crippen MR) is 145 cm³/mol. The van der Waals surface area contributed by atoms with Gasteiger partial charge in [0.25, 0.3) is 11.5 Å². The molecule has 0 saturated heterocycles. The predicted octanol–water partition coefficient (Wildman–Crippen LogP) is 4.76. The minimum Gasteiger partial charge on any atom is -0.493 e. The number of hydrogen-bond acceptors (Lipinski definition) is 4. The highest BCUT2D eigenvalue weighted by Gasteiger charge is 2.19. The second-order valence-electron chi connectivity index (χ2n) is 8.89. The first-order valence-electron chi connectivity index (χ1n) is 12.0. The smallest absolute Gasteiger partial charge is 0.295 e. The highest BCUT2D eigenvalue weighted by molar-refractivity contribution is 6.05. The van der Waals surface area contributed by atoms with E-state index in [2.05, 4.69) is 10.6 Å². The van der Waals surface area contributed by atoms with Crippen LogP contribution in [0.25, 0.3) is 5.69 Å². The Morgan fingerprint density at radius 2 is 1.65 bits per heavy atom. The lowest BCUT2D eigenvalue weighted by Gasteiger charge is -2.11. The summed E-state index contributed by atoms with van der Waals surface area (Å²) in [5.41, 5.74) is 4.16. The number of carbonyl (C=O) groups is 2. The minimum absolute atomic E-state index is 0.159. The van der Waals surface area contributed by atoms with Gasteiger partial charge in [-0.25, -0.2) is 4.68 Å². The molecule has 0 aliphatic carbocycles. The van der Waals surface area contributed by atoms with Crippen LogP contribution in [-0.4, -0.2) is 27.8 Å². The third-order valence-corrected chi connectivity index (χ3v) is 6.12. The molecule has 8 heteroatoms. The standard InChI is InChI=1S/C29H30N4O4/c1-19-13-14-25(20(2)17-19)37-16-15-26(34)30-23-10-8-9-22(18-23)28(35)31-27-21(3)32(4)33(29(27)36)24-11-6-5-7-12-24/h5-14,17-18H,15-16H2,1-4H3,(H,30,34)(H,31,35). The Bertz CT molecular complexity index is 1500. The Labute approximate surface area is 215 Å². The first-order chi connectivity index (χ1) is 17.7. The van der Waals surface area contributed by atoms with Crippen LogP contribution in [0.5, 0.6) is 5.75 Å². The van der Waals surface area contributed by atoms with Crippen LogP contribution in [0.4, 0.5) is 11.4 Å². The number of amides is 2. The van der Waals surface area contributed by atoms with E-state index in [0.29, 0.717) is 22.6 Å². The van der Waals surface area contributed by atoms with Crippen molar-refractivity contribution in [3.8, 4) is 11.4 Å². The summed E-state index contributed by atoms with van der Waals surface area (Å²) in [6.45, 7) is 5.98. The van der Waals surface area contributed by atoms with Crippen molar-refractivity contribution < 1.29 is 14.3 Å². The molecule has 0 fully saturated rings. The lowest BCUT2D eigenvalue weighted by Crippen LogP contribution is -2.23. The highest BCUT2D eigenvalue weighted by atomic mass is 16.5. The molecule has 0 saturated carbocycles. The second-order valence-corrected chi connectivity index (χ2v) is 8.89. The van der Waals surface area contributed by atoms with Gasteiger partial charge in [0, 0.05) is 18.3 Å². The van der Waals surface area contributed by atoms with Crippen molar-refractivity contribution in [3.63, 3.8) is 0 Å². The molecule has 8 nitrogen and oxygen atoms in total. The molecule has 2 amide bonds. The SMILES string of the molecule is Cc1ccc(OCCC(=O)Nc2cccc(C(=O)Nc3c(C)n(C)n(-c4ccccc4)c3=O)c2)c(C)c1. The van der Waals surface area contributed by atoms with Gasteiger partial charge in [-0.3, -0.25) is 19.1 Å². The van der Waals surface area contributed by atoms with E-state index in [4.69, 9.17) is 4.74 Å². The fourth-order valence-electron chi connectivity index (χ4n) is 4.07. The van der Waals surface area contributed by atoms with Gasteiger partial charge in [-0.05, 0) is 62.7 Å². The Morgan fingerprint density at radius 3 is 2.38 bits per heavy atom. The molecule has 0 bridgehead atoms. The van der Waals surface area contributed by atoms with E-state index in [9.17, 15) is 14.4 Å². The largest absolute Gasteiger partial charge is 0.493 e. The molecule has 0 aliphatic heterocycles. The topological polar surface area (TPSA) is 94.4 Å². The molecule has 1 aromatic heterocycles. The average Bonchev–Trinajstić information content (AvgIpc) is 3.09. The van der Waals surface area contributed by atoms with Crippen LogP contribution in [0.15, 0.2) is 77.6 Å². The van der Waals surface area contributed by atoms with Crippen molar-refractivity contribution in [1.29, 1.82) is 0 Å². The molecule has 3 aromatic carbocycles. The molecule has 4 rings (SSSR count). The van der Waals surface area contributed by atoms with Crippen molar-refractivity contribution in [2.45, 2.75) is 27.2 Å². The summed E-state index contributed by atoms with van der Waals surface area (Å²) >= 11 is 0. The maximum absolute atomic E-state index is 13.1. The quantitative estimate of drug-likeness (QED) is 0.366. The number of para-hydroxylation sites is 1. The fourth-order valence-corrected chi connectivity index (χ4v) is 4.07. The molecule has 4 aromatic rings. The van der Waals surface area contributed by atoms with Gasteiger partial charge < -0.3 is 15.4 Å². The van der Waals surface area contributed by atoms with Crippen LogP contribution < -0.4 is 20.9 Å². The zero-order valence-electron chi connectivity index (χ0n) is 21.4. The van der Waals surface area contributed by atoms with Gasteiger partial charge in [-0.1, -0.05) is 42.0 Å². The fraction of sp³-hybridized carbons (Fsp3) is 0.207. The van der Waals surface area contributed by atoms with E-state index in [-0.39, 0.29) is 30.2 Å². The second kappa shape index (κ2) is 11.0. The zero-order valence-corrected chi connectivity index (χ0v) is 21.4. The summed E-state index contributed by atoms with van der Waals surface area (Å²) in [7, 11) is 1.76. The normalized spacial score (nSPS) is 10.7. The lowest BCUT2D eigenvalue weighted by molar-refractivity contribution is -0.116. The van der Waals surface area contributed by atoms with E-state index >= 15 is 0 Å². The van der Waals surface area contributed by atoms with Crippen molar-refractivity contribution in [1.82, 2.24) is 9.36 Å². The van der Waals surface area contributed by atoms with Gasteiger partial charge in [0.05, 0.1) is 24.4 Å². The molecule has 0 aliphatic rings. The minimum atomic E-state index is -0.444. The molecule has 0 atom stereocenters. The third kappa shape index (κ3) is 5.81. The monoisotopic (exact) mass is 498 g/mol. The van der Waals surface area contributed by atoms with Crippen LogP contribution in [-0.2, 0) is 11.8 Å². The summed E-state index contributed by atoms with van der Waals surface area (Å²) in [5, 5.41) is 5.54. The number of ether oxygens (including phenoxy) is 1. The first kappa shape index (κ1) is 25.5. The molecule has 190 valence electrons. The average molecular weight is 499 g/mol. The first-order valence-corrected chi connectivity index (χ1v) is 12.0. The number of nitrogens with one attached hydrogen (secondary N) is 2. The van der Waals surface area contributed by atoms with Crippen LogP contribution in [0.2, 0.25) is 0 Å². The van der Waals surface area contributed by atoms with E-state index in [0.717, 1.165) is 16.9 Å². The summed E-state index contributed by atoms with van der Waals surface area (Å²) in [5.74, 6) is 0.0758. The van der Waals surface area contributed by atoms with E-state index in [1.165, 1.54) is 4.68 Å². The Morgan fingerprint density at radius 1 is 0.892 bits per heavy atom. The van der Waals surface area contributed by atoms with E-state index < -0.39 is 5.91 Å². The Kier molecular flexibility index (Phi) is 7.57. The van der Waals surface area contributed by atoms with Crippen molar-refractivity contribution in [2.75, 3.05) is 17.2 Å². The molecule has 2 N–H and O–H groups in total. The number of benzene rings is 3. The van der Waals surface area contributed by atoms with Crippen molar-refractivity contribution in [2.24, 2.45) is 7.05 Å². The van der Waals surface area contributed by atoms with E-state index in [1.54, 1.807) is 42.9 Å². The van der Waals surface area contributed by atoms with Gasteiger partial charge in [0.15, 0.2) is 0 Å². The number of rotatable bonds is 8. The third-order valence-electron chi connectivity index (χ3n) is 6.12. The Balaban J connectivity index is 1.40. The highest BCUT2D eigenvalue weighted by Crippen LogP contribution is 2.19. The zero-order chi connectivity index (χ0) is 26.5. The van der Waals surface area contributed by atoms with Crippen LogP contribution in [0.3, 0.4) is 0 Å². The molecule has 1 heterocycles. The molecular formula is C29H30N4O4. The summed E-state index contributed by atoms with van der Waals surface area (Å²) < 4.78 is 8.94. The molecule has 0 unspecified atom stereocenters. The van der Waals surface area contributed by atoms with Gasteiger partial charge in [-0.15, -0.1) is 0 Å². The van der Waals surface area contributed by atoms with Crippen molar-refractivity contribution in [3.05, 3.63) is 106 Å². The van der Waals surface area contributed by atoms with Gasteiger partial charge in [0.2, 0.25) is 5.91 Å².